The smallest absolute Gasteiger partial charge is 0.462 e. The van der Waals surface area contributed by atoms with E-state index in [4.69, 9.17) is 18.0 Å². The molecule has 0 atom stereocenters. The molecule has 0 amide bonds. The molecule has 0 aromatic heterocycles. The van der Waals surface area contributed by atoms with Gasteiger partial charge in [0.15, 0.2) is 0 Å². The van der Waals surface area contributed by atoms with E-state index in [9.17, 15) is 4.79 Å². The van der Waals surface area contributed by atoms with Gasteiger partial charge in [0.1, 0.15) is 0 Å². The van der Waals surface area contributed by atoms with Gasteiger partial charge in [-0.2, -0.15) is 0 Å². The molecule has 0 saturated heterocycles. The maximum absolute atomic E-state index is 11.4. The third kappa shape index (κ3) is 10.7. The predicted octanol–water partition coefficient (Wildman–Crippen LogP) is 4.10. The van der Waals surface area contributed by atoms with Crippen molar-refractivity contribution in [2.75, 3.05) is 6.61 Å². The minimum absolute atomic E-state index is 0.0420. The lowest BCUT2D eigenvalue weighted by atomic mass is 10.3. The summed E-state index contributed by atoms with van der Waals surface area (Å²) in [6.07, 6.45) is 1.70. The molecule has 0 spiro atoms. The molecule has 0 N–H and O–H groups in total. The molecule has 0 aromatic rings. The molecule has 0 heterocycles. The molecule has 0 aliphatic carbocycles. The number of rotatable bonds is 12. The minimum Gasteiger partial charge on any atom is -0.462 e. The Morgan fingerprint density at radius 1 is 0.913 bits per heavy atom. The van der Waals surface area contributed by atoms with Crippen LogP contribution in [0.5, 0.6) is 0 Å². The van der Waals surface area contributed by atoms with E-state index in [2.05, 4.69) is 6.58 Å². The van der Waals surface area contributed by atoms with Crippen molar-refractivity contribution in [3.8, 4) is 0 Å². The highest BCUT2D eigenvalue weighted by molar-refractivity contribution is 6.60. The first kappa shape index (κ1) is 22.3. The monoisotopic (exact) mass is 346 g/mol. The highest BCUT2D eigenvalue weighted by Crippen LogP contribution is 2.24. The van der Waals surface area contributed by atoms with Gasteiger partial charge in [0.25, 0.3) is 0 Å². The van der Waals surface area contributed by atoms with Gasteiger partial charge in [0, 0.05) is 29.9 Å². The summed E-state index contributed by atoms with van der Waals surface area (Å²) >= 11 is 0. The van der Waals surface area contributed by atoms with Gasteiger partial charge in [-0.25, -0.2) is 4.79 Å². The number of ether oxygens (including phenoxy) is 1. The van der Waals surface area contributed by atoms with Crippen molar-refractivity contribution in [1.82, 2.24) is 0 Å². The van der Waals surface area contributed by atoms with Crippen molar-refractivity contribution < 1.29 is 22.8 Å². The van der Waals surface area contributed by atoms with Crippen LogP contribution in [0.3, 0.4) is 0 Å². The molecule has 0 unspecified atom stereocenters. The number of hydrogen-bond donors (Lipinski definition) is 0. The van der Waals surface area contributed by atoms with Gasteiger partial charge in [-0.05, 0) is 61.3 Å². The normalized spacial score (nSPS) is 12.3. The van der Waals surface area contributed by atoms with E-state index in [1.54, 1.807) is 6.92 Å². The van der Waals surface area contributed by atoms with Crippen LogP contribution in [0.1, 0.15) is 61.3 Å². The van der Waals surface area contributed by atoms with Crippen molar-refractivity contribution in [3.05, 3.63) is 12.2 Å². The fraction of sp³-hybridized carbons (Fsp3) is 0.824. The summed E-state index contributed by atoms with van der Waals surface area (Å²) in [5.74, 6) is -0.344. The summed E-state index contributed by atoms with van der Waals surface area (Å²) < 4.78 is 23.4. The van der Waals surface area contributed by atoms with Crippen LogP contribution in [0.4, 0.5) is 0 Å². The molecule has 0 radical (unpaired) electrons. The SMILES string of the molecule is C=C(C)C(=O)OCCCC[Si](OC(C)C)(OC(C)C)OC(C)C. The first-order valence-electron chi connectivity index (χ1n) is 8.44. The molecule has 5 nitrogen and oxygen atoms in total. The Hall–Kier alpha value is -0.693. The Kier molecular flexibility index (Phi) is 10.6. The lowest BCUT2D eigenvalue weighted by Gasteiger charge is -2.34. The van der Waals surface area contributed by atoms with Gasteiger partial charge in [0.05, 0.1) is 6.61 Å². The molecule has 0 bridgehead atoms. The molecule has 136 valence electrons. The van der Waals surface area contributed by atoms with Crippen LogP contribution < -0.4 is 0 Å². The van der Waals surface area contributed by atoms with Gasteiger partial charge in [-0.1, -0.05) is 6.58 Å². The summed E-state index contributed by atoms with van der Waals surface area (Å²) in [7, 11) is -2.74. The van der Waals surface area contributed by atoms with Crippen molar-refractivity contribution >= 4 is 14.8 Å². The zero-order valence-corrected chi connectivity index (χ0v) is 16.8. The molecule has 0 saturated carbocycles. The Labute approximate surface area is 142 Å². The second-order valence-corrected chi connectivity index (χ2v) is 9.13. The molecular weight excluding hydrogens is 312 g/mol. The average molecular weight is 347 g/mol. The first-order chi connectivity index (χ1) is 10.6. The third-order valence-corrected chi connectivity index (χ3v) is 6.16. The van der Waals surface area contributed by atoms with E-state index < -0.39 is 8.80 Å². The second kappa shape index (κ2) is 11.0. The number of carbonyl (C=O) groups excluding carboxylic acids is 1. The van der Waals surface area contributed by atoms with Crippen molar-refractivity contribution in [1.29, 1.82) is 0 Å². The average Bonchev–Trinajstić information content (AvgIpc) is 2.34. The van der Waals surface area contributed by atoms with E-state index in [0.29, 0.717) is 18.2 Å². The molecule has 0 aliphatic rings. The summed E-state index contributed by atoms with van der Waals surface area (Å²) in [4.78, 5) is 11.4. The summed E-state index contributed by atoms with van der Waals surface area (Å²) in [5.41, 5.74) is 0.420. The zero-order valence-electron chi connectivity index (χ0n) is 15.8. The second-order valence-electron chi connectivity index (χ2n) is 6.56. The highest BCUT2D eigenvalue weighted by atomic mass is 28.4. The zero-order chi connectivity index (χ0) is 18.0. The van der Waals surface area contributed by atoms with Crippen LogP contribution in [-0.4, -0.2) is 39.7 Å². The molecule has 0 aliphatic heterocycles. The largest absolute Gasteiger partial charge is 0.501 e. The summed E-state index contributed by atoms with van der Waals surface area (Å²) in [6, 6.07) is 0.714. The standard InChI is InChI=1S/C17H34O5Si/c1-13(2)17(18)19-11-9-10-12-23(20-14(3)4,21-15(5)6)22-16(7)8/h14-16H,1,9-12H2,2-8H3. The number of hydrogen-bond acceptors (Lipinski definition) is 5. The van der Waals surface area contributed by atoms with Gasteiger partial charge < -0.3 is 18.0 Å². The fourth-order valence-electron chi connectivity index (χ4n) is 2.07. The van der Waals surface area contributed by atoms with Crippen LogP contribution in [0.15, 0.2) is 12.2 Å². The molecular formula is C17H34O5Si. The van der Waals surface area contributed by atoms with Crippen molar-refractivity contribution in [3.63, 3.8) is 0 Å². The minimum atomic E-state index is -2.74. The van der Waals surface area contributed by atoms with Gasteiger partial charge in [-0.15, -0.1) is 0 Å². The van der Waals surface area contributed by atoms with Gasteiger partial charge >= 0.3 is 14.8 Å². The Balaban J connectivity index is 4.60. The maximum atomic E-state index is 11.4. The van der Waals surface area contributed by atoms with Gasteiger partial charge in [-0.3, -0.25) is 0 Å². The van der Waals surface area contributed by atoms with Crippen molar-refractivity contribution in [2.45, 2.75) is 85.7 Å². The first-order valence-corrected chi connectivity index (χ1v) is 10.4. The third-order valence-electron chi connectivity index (χ3n) is 2.70. The maximum Gasteiger partial charge on any atom is 0.501 e. The van der Waals surface area contributed by atoms with Crippen LogP contribution in [0, 0.1) is 0 Å². The van der Waals surface area contributed by atoms with Gasteiger partial charge in [0.2, 0.25) is 0 Å². The molecule has 23 heavy (non-hydrogen) atoms. The molecule has 0 rings (SSSR count). The number of carbonyl (C=O) groups is 1. The van der Waals surface area contributed by atoms with E-state index in [-0.39, 0.29) is 24.3 Å². The lowest BCUT2D eigenvalue weighted by molar-refractivity contribution is -0.139. The Morgan fingerprint density at radius 2 is 1.35 bits per heavy atom. The lowest BCUT2D eigenvalue weighted by Crippen LogP contribution is -2.50. The van der Waals surface area contributed by atoms with Crippen LogP contribution in [-0.2, 0) is 22.8 Å². The number of esters is 1. The van der Waals surface area contributed by atoms with Crippen LogP contribution >= 0.6 is 0 Å². The highest BCUT2D eigenvalue weighted by Gasteiger charge is 2.43. The van der Waals surface area contributed by atoms with Crippen LogP contribution in [0.25, 0.3) is 0 Å². The molecule has 0 fully saturated rings. The Morgan fingerprint density at radius 3 is 1.70 bits per heavy atom. The van der Waals surface area contributed by atoms with E-state index in [1.807, 2.05) is 41.5 Å². The summed E-state index contributed by atoms with van der Waals surface area (Å²) in [6.45, 7) is 17.5. The topological polar surface area (TPSA) is 54.0 Å². The molecule has 6 heteroatoms. The van der Waals surface area contributed by atoms with Crippen LogP contribution in [0.2, 0.25) is 6.04 Å². The van der Waals surface area contributed by atoms with E-state index >= 15 is 0 Å². The van der Waals surface area contributed by atoms with E-state index in [0.717, 1.165) is 12.8 Å². The quantitative estimate of drug-likeness (QED) is 0.230. The van der Waals surface area contributed by atoms with E-state index in [1.165, 1.54) is 0 Å². The fourth-order valence-corrected chi connectivity index (χ4v) is 5.43. The Bertz CT molecular complexity index is 339. The predicted molar refractivity (Wildman–Crippen MR) is 94.2 cm³/mol. The van der Waals surface area contributed by atoms with Crippen molar-refractivity contribution in [2.24, 2.45) is 0 Å². The number of unbranched alkanes of at least 4 members (excludes halogenated alkanes) is 1. The summed E-state index contributed by atoms with van der Waals surface area (Å²) in [5, 5.41) is 0. The molecule has 0 aromatic carbocycles.